The van der Waals surface area contributed by atoms with Gasteiger partial charge in [-0.2, -0.15) is 0 Å². The normalized spacial score (nSPS) is 14.3. The monoisotopic (exact) mass is 387 g/mol. The van der Waals surface area contributed by atoms with E-state index in [1.54, 1.807) is 6.33 Å². The van der Waals surface area contributed by atoms with Gasteiger partial charge >= 0.3 is 0 Å². The molecule has 1 aliphatic heterocycles. The molecular formula is C22H21N5O2. The van der Waals surface area contributed by atoms with Gasteiger partial charge in [0, 0.05) is 37.5 Å². The molecule has 0 unspecified atom stereocenters. The van der Waals surface area contributed by atoms with E-state index >= 15 is 0 Å². The van der Waals surface area contributed by atoms with E-state index in [4.69, 9.17) is 9.15 Å². The number of nitrogens with one attached hydrogen (secondary N) is 1. The van der Waals surface area contributed by atoms with Crippen molar-refractivity contribution in [1.82, 2.24) is 15.0 Å². The van der Waals surface area contributed by atoms with Gasteiger partial charge in [-0.3, -0.25) is 0 Å². The smallest absolute Gasteiger partial charge is 0.232 e. The number of furan rings is 1. The third-order valence-electron chi connectivity index (χ3n) is 5.12. The summed E-state index contributed by atoms with van der Waals surface area (Å²) in [7, 11) is 1.85. The van der Waals surface area contributed by atoms with Crippen molar-refractivity contribution in [2.24, 2.45) is 0 Å². The van der Waals surface area contributed by atoms with Crippen molar-refractivity contribution < 1.29 is 9.15 Å². The second-order valence-corrected chi connectivity index (χ2v) is 6.83. The van der Waals surface area contributed by atoms with Gasteiger partial charge in [-0.05, 0) is 17.7 Å². The van der Waals surface area contributed by atoms with Gasteiger partial charge in [-0.25, -0.2) is 15.0 Å². The summed E-state index contributed by atoms with van der Waals surface area (Å²) in [6, 6.07) is 14.2. The van der Waals surface area contributed by atoms with Crippen molar-refractivity contribution in [3.63, 3.8) is 0 Å². The maximum Gasteiger partial charge on any atom is 0.232 e. The molecule has 146 valence electrons. The second kappa shape index (κ2) is 7.52. The third kappa shape index (κ3) is 3.19. The Hall–Kier alpha value is -3.45. The molecule has 1 N–H and O–H groups in total. The lowest BCUT2D eigenvalue weighted by Crippen LogP contribution is -2.36. The predicted octanol–water partition coefficient (Wildman–Crippen LogP) is 3.83. The van der Waals surface area contributed by atoms with Gasteiger partial charge in [0.05, 0.1) is 18.6 Å². The van der Waals surface area contributed by atoms with Gasteiger partial charge in [0.2, 0.25) is 5.71 Å². The van der Waals surface area contributed by atoms with Crippen molar-refractivity contribution in [3.05, 3.63) is 55.0 Å². The number of morpholine rings is 1. The SMILES string of the molecule is CNc1ccc(-c2oc3ncnc(N4CCOCC4)c3c2-c2ccccc2)cn1. The number of fused-ring (bicyclic) bond motifs is 1. The van der Waals surface area contributed by atoms with E-state index in [0.29, 0.717) is 18.9 Å². The second-order valence-electron chi connectivity index (χ2n) is 6.83. The summed E-state index contributed by atoms with van der Waals surface area (Å²) in [6.45, 7) is 2.96. The number of pyridine rings is 1. The average molecular weight is 387 g/mol. The fourth-order valence-electron chi connectivity index (χ4n) is 3.69. The van der Waals surface area contributed by atoms with Crippen molar-refractivity contribution >= 4 is 22.7 Å². The molecule has 29 heavy (non-hydrogen) atoms. The highest BCUT2D eigenvalue weighted by Gasteiger charge is 2.25. The minimum absolute atomic E-state index is 0.577. The van der Waals surface area contributed by atoms with Crippen molar-refractivity contribution in [2.45, 2.75) is 0 Å². The molecule has 0 bridgehead atoms. The number of anilines is 2. The van der Waals surface area contributed by atoms with Gasteiger partial charge in [0.15, 0.2) is 0 Å². The number of hydrogen-bond acceptors (Lipinski definition) is 7. The summed E-state index contributed by atoms with van der Waals surface area (Å²) in [5.41, 5.74) is 3.52. The van der Waals surface area contributed by atoms with Crippen LogP contribution in [-0.4, -0.2) is 48.3 Å². The maximum absolute atomic E-state index is 6.28. The Balaban J connectivity index is 1.76. The van der Waals surface area contributed by atoms with Crippen molar-refractivity contribution in [3.8, 4) is 22.5 Å². The van der Waals surface area contributed by atoms with Crippen LogP contribution in [0.4, 0.5) is 11.6 Å². The molecule has 5 rings (SSSR count). The van der Waals surface area contributed by atoms with Crippen LogP contribution in [0.25, 0.3) is 33.6 Å². The van der Waals surface area contributed by atoms with E-state index in [2.05, 4.69) is 37.3 Å². The lowest BCUT2D eigenvalue weighted by Gasteiger charge is -2.28. The van der Waals surface area contributed by atoms with E-state index in [1.165, 1.54) is 0 Å². The summed E-state index contributed by atoms with van der Waals surface area (Å²) in [6.07, 6.45) is 3.38. The van der Waals surface area contributed by atoms with Gasteiger partial charge < -0.3 is 19.4 Å². The maximum atomic E-state index is 6.28. The molecule has 0 spiro atoms. The van der Waals surface area contributed by atoms with Gasteiger partial charge in [0.25, 0.3) is 0 Å². The number of aromatic nitrogens is 3. The van der Waals surface area contributed by atoms with Crippen LogP contribution in [0, 0.1) is 0 Å². The van der Waals surface area contributed by atoms with Gasteiger partial charge in [0.1, 0.15) is 23.7 Å². The highest BCUT2D eigenvalue weighted by Crippen LogP contribution is 2.43. The van der Waals surface area contributed by atoms with E-state index < -0.39 is 0 Å². The Bertz CT molecular complexity index is 1120. The highest BCUT2D eigenvalue weighted by atomic mass is 16.5. The topological polar surface area (TPSA) is 76.3 Å². The summed E-state index contributed by atoms with van der Waals surface area (Å²) in [4.78, 5) is 15.8. The largest absolute Gasteiger partial charge is 0.437 e. The lowest BCUT2D eigenvalue weighted by molar-refractivity contribution is 0.122. The van der Waals surface area contributed by atoms with Crippen LogP contribution in [0.15, 0.2) is 59.4 Å². The zero-order chi connectivity index (χ0) is 19.6. The molecule has 7 heteroatoms. The zero-order valence-electron chi connectivity index (χ0n) is 16.1. The number of ether oxygens (including phenoxy) is 1. The minimum Gasteiger partial charge on any atom is -0.437 e. The number of benzene rings is 1. The first-order valence-electron chi connectivity index (χ1n) is 9.65. The molecule has 3 aromatic heterocycles. The first-order valence-corrected chi connectivity index (χ1v) is 9.65. The quantitative estimate of drug-likeness (QED) is 0.570. The van der Waals surface area contributed by atoms with Crippen LogP contribution in [0.2, 0.25) is 0 Å². The van der Waals surface area contributed by atoms with Crippen LogP contribution >= 0.6 is 0 Å². The first-order chi connectivity index (χ1) is 14.3. The summed E-state index contributed by atoms with van der Waals surface area (Å²) < 4.78 is 11.8. The summed E-state index contributed by atoms with van der Waals surface area (Å²) in [5.74, 6) is 2.43. The molecule has 0 aliphatic carbocycles. The molecule has 0 radical (unpaired) electrons. The standard InChI is InChI=1S/C22H21N5O2/c1-23-17-8-7-16(13-24-17)20-18(15-5-3-2-4-6-15)19-21(25-14-26-22(19)29-20)27-9-11-28-12-10-27/h2-8,13-14H,9-12H2,1H3,(H,23,24). The van der Waals surface area contributed by atoms with Crippen molar-refractivity contribution in [1.29, 1.82) is 0 Å². The van der Waals surface area contributed by atoms with Crippen LogP contribution in [0.1, 0.15) is 0 Å². The summed E-state index contributed by atoms with van der Waals surface area (Å²) in [5, 5.41) is 3.97. The van der Waals surface area contributed by atoms with Crippen LogP contribution < -0.4 is 10.2 Å². The highest BCUT2D eigenvalue weighted by molar-refractivity contribution is 6.06. The molecule has 1 aliphatic rings. The fraction of sp³-hybridized carbons (Fsp3) is 0.227. The lowest BCUT2D eigenvalue weighted by atomic mass is 10.00. The van der Waals surface area contributed by atoms with Crippen molar-refractivity contribution in [2.75, 3.05) is 43.6 Å². The fourth-order valence-corrected chi connectivity index (χ4v) is 3.69. The van der Waals surface area contributed by atoms with Gasteiger partial charge in [-0.15, -0.1) is 0 Å². The van der Waals surface area contributed by atoms with E-state index in [9.17, 15) is 0 Å². The Morgan fingerprint density at radius 1 is 0.931 bits per heavy atom. The molecule has 4 heterocycles. The Morgan fingerprint density at radius 3 is 2.48 bits per heavy atom. The van der Waals surface area contributed by atoms with Crippen LogP contribution in [0.3, 0.4) is 0 Å². The number of hydrogen-bond donors (Lipinski definition) is 1. The molecule has 1 aromatic carbocycles. The molecular weight excluding hydrogens is 366 g/mol. The van der Waals surface area contributed by atoms with E-state index in [1.807, 2.05) is 43.6 Å². The number of rotatable bonds is 4. The van der Waals surface area contributed by atoms with Gasteiger partial charge in [-0.1, -0.05) is 30.3 Å². The Morgan fingerprint density at radius 2 is 1.76 bits per heavy atom. The number of nitrogens with zero attached hydrogens (tertiary/aromatic N) is 4. The Kier molecular flexibility index (Phi) is 4.57. The third-order valence-corrected chi connectivity index (χ3v) is 5.12. The Labute approximate surface area is 168 Å². The van der Waals surface area contributed by atoms with Crippen LogP contribution in [-0.2, 0) is 4.74 Å². The zero-order valence-corrected chi connectivity index (χ0v) is 16.1. The molecule has 0 amide bonds. The van der Waals surface area contributed by atoms with E-state index in [0.717, 1.165) is 52.6 Å². The van der Waals surface area contributed by atoms with Crippen LogP contribution in [0.5, 0.6) is 0 Å². The minimum atomic E-state index is 0.577. The first kappa shape index (κ1) is 17.6. The molecule has 1 saturated heterocycles. The average Bonchev–Trinajstić information content (AvgIpc) is 3.20. The predicted molar refractivity (Wildman–Crippen MR) is 113 cm³/mol. The molecule has 0 saturated carbocycles. The molecule has 0 atom stereocenters. The molecule has 1 fully saturated rings. The molecule has 4 aromatic rings. The summed E-state index contributed by atoms with van der Waals surface area (Å²) >= 11 is 0. The van der Waals surface area contributed by atoms with E-state index in [-0.39, 0.29) is 0 Å². The molecule has 7 nitrogen and oxygen atoms in total.